The van der Waals surface area contributed by atoms with Gasteiger partial charge in [0.2, 0.25) is 0 Å². The summed E-state index contributed by atoms with van der Waals surface area (Å²) in [6, 6.07) is 6.06. The number of carbonyl (C=O) groups is 2. The molecule has 0 atom stereocenters. The molecule has 18 heavy (non-hydrogen) atoms. The van der Waals surface area contributed by atoms with Crippen LogP contribution in [0.2, 0.25) is 0 Å². The molecule has 0 radical (unpaired) electrons. The normalized spacial score (nSPS) is 9.22. The number of esters is 2. The van der Waals surface area contributed by atoms with Gasteiger partial charge in [-0.05, 0) is 25.1 Å². The number of rotatable bonds is 4. The van der Waals surface area contributed by atoms with Gasteiger partial charge in [-0.3, -0.25) is 4.79 Å². The lowest BCUT2D eigenvalue weighted by Gasteiger charge is -2.02. The van der Waals surface area contributed by atoms with Gasteiger partial charge in [-0.25, -0.2) is 4.79 Å². The van der Waals surface area contributed by atoms with Crippen LogP contribution in [0.3, 0.4) is 0 Å². The molecular formula is C12H12N2O4. The van der Waals surface area contributed by atoms with E-state index < -0.39 is 11.9 Å². The van der Waals surface area contributed by atoms with Gasteiger partial charge in [-0.15, -0.1) is 0 Å². The van der Waals surface area contributed by atoms with E-state index in [9.17, 15) is 9.59 Å². The summed E-state index contributed by atoms with van der Waals surface area (Å²) in [5.74, 6) is -0.976. The number of carbonyl (C=O) groups excluding carboxylic acids is 2. The topological polar surface area (TPSA) is 89.0 Å². The lowest BCUT2D eigenvalue weighted by atomic mass is 10.1. The second-order valence-electron chi connectivity index (χ2n) is 3.29. The molecule has 0 unspecified atom stereocenters. The highest BCUT2D eigenvalue weighted by atomic mass is 16.5. The summed E-state index contributed by atoms with van der Waals surface area (Å²) in [4.78, 5) is 25.2. The highest BCUT2D eigenvalue weighted by Crippen LogP contribution is 2.14. The van der Waals surface area contributed by atoms with Crippen LogP contribution in [0.15, 0.2) is 24.3 Å². The Bertz CT molecular complexity index is 519. The number of benzene rings is 1. The zero-order valence-corrected chi connectivity index (χ0v) is 10.0. The van der Waals surface area contributed by atoms with Crippen molar-refractivity contribution < 1.29 is 23.9 Å². The quantitative estimate of drug-likeness (QED) is 0.263. The summed E-state index contributed by atoms with van der Waals surface area (Å²) >= 11 is 0. The maximum absolute atomic E-state index is 11.5. The first-order valence-electron chi connectivity index (χ1n) is 5.26. The molecule has 1 rings (SSSR count). The molecule has 0 spiro atoms. The fourth-order valence-corrected chi connectivity index (χ4v) is 1.29. The lowest BCUT2D eigenvalue weighted by molar-refractivity contribution is -0.139. The lowest BCUT2D eigenvalue weighted by Crippen LogP contribution is -2.19. The zero-order chi connectivity index (χ0) is 13.5. The Morgan fingerprint density at radius 1 is 1.39 bits per heavy atom. The van der Waals surface area contributed by atoms with Crippen molar-refractivity contribution in [2.24, 2.45) is 0 Å². The molecule has 0 fully saturated rings. The fraction of sp³-hybridized carbons (Fsp3) is 0.250. The van der Waals surface area contributed by atoms with Crippen molar-refractivity contribution in [2.75, 3.05) is 6.61 Å². The minimum absolute atomic E-state index is 0.168. The maximum atomic E-state index is 11.5. The van der Waals surface area contributed by atoms with E-state index in [1.165, 1.54) is 13.0 Å². The molecule has 0 bridgehead atoms. The van der Waals surface area contributed by atoms with E-state index in [4.69, 9.17) is 15.0 Å². The van der Waals surface area contributed by atoms with Gasteiger partial charge in [0.25, 0.3) is 0 Å². The van der Waals surface area contributed by atoms with Crippen LogP contribution >= 0.6 is 0 Å². The Labute approximate surface area is 104 Å². The third-order valence-electron chi connectivity index (χ3n) is 1.94. The Morgan fingerprint density at radius 3 is 2.67 bits per heavy atom. The molecule has 0 aliphatic carbocycles. The minimum Gasteiger partial charge on any atom is -0.457 e. The predicted molar refractivity (Wildman–Crippen MR) is 62.1 cm³/mol. The smallest absolute Gasteiger partial charge is 0.422 e. The van der Waals surface area contributed by atoms with Gasteiger partial charge in [0.1, 0.15) is 5.75 Å². The minimum atomic E-state index is -0.750. The summed E-state index contributed by atoms with van der Waals surface area (Å²) in [7, 11) is 0. The van der Waals surface area contributed by atoms with E-state index in [1.54, 1.807) is 25.1 Å². The Morgan fingerprint density at radius 2 is 2.11 bits per heavy atom. The molecule has 0 saturated carbocycles. The number of hydrogen-bond acceptors (Lipinski definition) is 4. The highest BCUT2D eigenvalue weighted by molar-refractivity contribution is 6.40. The summed E-state index contributed by atoms with van der Waals surface area (Å²) in [5, 5.41) is 0. The van der Waals surface area contributed by atoms with Crippen molar-refractivity contribution in [1.29, 1.82) is 0 Å². The monoisotopic (exact) mass is 248 g/mol. The molecule has 94 valence electrons. The van der Waals surface area contributed by atoms with Crippen molar-refractivity contribution >= 4 is 17.7 Å². The van der Waals surface area contributed by atoms with Crippen molar-refractivity contribution in [3.05, 3.63) is 35.4 Å². The fourth-order valence-electron chi connectivity index (χ4n) is 1.29. The zero-order valence-electron chi connectivity index (χ0n) is 10.0. The third-order valence-corrected chi connectivity index (χ3v) is 1.94. The summed E-state index contributed by atoms with van der Waals surface area (Å²) < 4.78 is 9.59. The van der Waals surface area contributed by atoms with E-state index in [0.29, 0.717) is 5.56 Å². The van der Waals surface area contributed by atoms with Gasteiger partial charge in [0, 0.05) is 6.92 Å². The van der Waals surface area contributed by atoms with E-state index in [1.807, 2.05) is 0 Å². The van der Waals surface area contributed by atoms with E-state index in [-0.39, 0.29) is 18.1 Å². The molecule has 0 aliphatic rings. The third kappa shape index (κ3) is 3.54. The largest absolute Gasteiger partial charge is 0.457 e. The molecule has 0 N–H and O–H groups in total. The first kappa shape index (κ1) is 13.6. The number of hydrogen-bond donors (Lipinski definition) is 0. The molecule has 0 saturated heterocycles. The second-order valence-corrected chi connectivity index (χ2v) is 3.29. The van der Waals surface area contributed by atoms with Crippen LogP contribution in [0.5, 0.6) is 5.75 Å². The predicted octanol–water partition coefficient (Wildman–Crippen LogP) is 1.19. The number of nitrogens with zero attached hydrogens (tertiary/aromatic N) is 2. The van der Waals surface area contributed by atoms with Crippen LogP contribution in [0.4, 0.5) is 0 Å². The van der Waals surface area contributed by atoms with Crippen molar-refractivity contribution in [3.8, 4) is 5.75 Å². The van der Waals surface area contributed by atoms with Crippen molar-refractivity contribution in [3.63, 3.8) is 0 Å². The second kappa shape index (κ2) is 6.32. The molecule has 1 aromatic rings. The van der Waals surface area contributed by atoms with E-state index in [2.05, 4.69) is 4.79 Å². The Hall–Kier alpha value is -2.46. The molecule has 1 aromatic carbocycles. The van der Waals surface area contributed by atoms with Crippen molar-refractivity contribution in [1.82, 2.24) is 0 Å². The van der Waals surface area contributed by atoms with Gasteiger partial charge < -0.3 is 15.0 Å². The maximum Gasteiger partial charge on any atom is 0.422 e. The Balaban J connectivity index is 3.04. The van der Waals surface area contributed by atoms with Crippen molar-refractivity contribution in [2.45, 2.75) is 13.8 Å². The van der Waals surface area contributed by atoms with Crippen LogP contribution in [-0.4, -0.2) is 29.0 Å². The van der Waals surface area contributed by atoms with E-state index in [0.717, 1.165) is 0 Å². The van der Waals surface area contributed by atoms with Gasteiger partial charge >= 0.3 is 17.7 Å². The SMILES string of the molecule is CCOC(=O)C(=[N+]=[N-])c1cccc(OC(C)=O)c1. The average molecular weight is 248 g/mol. The van der Waals surface area contributed by atoms with Gasteiger partial charge in [-0.2, -0.15) is 4.79 Å². The standard InChI is InChI=1S/C12H12N2O4/c1-3-17-12(16)11(14-13)9-5-4-6-10(7-9)18-8(2)15/h4-7H,3H2,1-2H3. The van der Waals surface area contributed by atoms with Crippen LogP contribution in [0.1, 0.15) is 19.4 Å². The highest BCUT2D eigenvalue weighted by Gasteiger charge is 2.24. The first-order valence-corrected chi connectivity index (χ1v) is 5.26. The number of ether oxygens (including phenoxy) is 2. The molecular weight excluding hydrogens is 236 g/mol. The van der Waals surface area contributed by atoms with Gasteiger partial charge in [0.05, 0.1) is 12.2 Å². The van der Waals surface area contributed by atoms with Gasteiger partial charge in [-0.1, -0.05) is 6.07 Å². The van der Waals surface area contributed by atoms with E-state index >= 15 is 0 Å². The van der Waals surface area contributed by atoms with Crippen LogP contribution in [0.25, 0.3) is 5.53 Å². The van der Waals surface area contributed by atoms with Crippen LogP contribution in [0, 0.1) is 0 Å². The van der Waals surface area contributed by atoms with Crippen LogP contribution in [-0.2, 0) is 14.3 Å². The average Bonchev–Trinajstić information content (AvgIpc) is 2.30. The molecule has 0 heterocycles. The van der Waals surface area contributed by atoms with Crippen LogP contribution < -0.4 is 4.74 Å². The molecule has 0 aromatic heterocycles. The summed E-state index contributed by atoms with van der Waals surface area (Å²) in [6.45, 7) is 3.07. The molecule has 0 aliphatic heterocycles. The summed E-state index contributed by atoms with van der Waals surface area (Å²) in [5.41, 5.74) is 8.88. The first-order chi connectivity index (χ1) is 8.58. The Kier molecular flexibility index (Phi) is 4.78. The molecule has 6 heteroatoms. The summed E-state index contributed by atoms with van der Waals surface area (Å²) in [6.07, 6.45) is 0. The molecule has 6 nitrogen and oxygen atoms in total. The molecule has 0 amide bonds. The van der Waals surface area contributed by atoms with Gasteiger partial charge in [0.15, 0.2) is 0 Å².